The highest BCUT2D eigenvalue weighted by atomic mass is 32.1. The molecule has 1 heterocycles. The Labute approximate surface area is 125 Å². The molecule has 0 bridgehead atoms. The monoisotopic (exact) mass is 306 g/mol. The molecule has 2 aromatic rings. The molecule has 0 spiro atoms. The lowest BCUT2D eigenvalue weighted by atomic mass is 10.3. The molecule has 0 unspecified atom stereocenters. The van der Waals surface area contributed by atoms with E-state index in [1.165, 1.54) is 29.1 Å². The summed E-state index contributed by atoms with van der Waals surface area (Å²) in [5.41, 5.74) is -0.0113. The Balaban J connectivity index is 1.69. The second-order valence-electron chi connectivity index (χ2n) is 4.22. The average molecular weight is 306 g/mol. The second-order valence-corrected chi connectivity index (χ2v) is 5.25. The van der Waals surface area contributed by atoms with Gasteiger partial charge < -0.3 is 10.1 Å². The predicted molar refractivity (Wildman–Crippen MR) is 79.6 cm³/mol. The van der Waals surface area contributed by atoms with Crippen molar-refractivity contribution in [2.45, 2.75) is 6.42 Å². The Morgan fingerprint density at radius 3 is 2.67 bits per heavy atom. The molecule has 110 valence electrons. The van der Waals surface area contributed by atoms with Crippen molar-refractivity contribution in [1.82, 2.24) is 5.32 Å². The van der Waals surface area contributed by atoms with Crippen molar-refractivity contribution in [3.63, 3.8) is 0 Å². The van der Waals surface area contributed by atoms with Crippen LogP contribution in [0.25, 0.3) is 0 Å². The normalized spacial score (nSPS) is 10.1. The number of ether oxygens (including phenoxy) is 1. The molecule has 1 aromatic heterocycles. The van der Waals surface area contributed by atoms with Crippen molar-refractivity contribution in [2.24, 2.45) is 0 Å². The lowest BCUT2D eigenvalue weighted by Crippen LogP contribution is -2.30. The summed E-state index contributed by atoms with van der Waals surface area (Å²) in [6, 6.07) is 9.60. The second kappa shape index (κ2) is 7.39. The van der Waals surface area contributed by atoms with Gasteiger partial charge >= 0.3 is 0 Å². The van der Waals surface area contributed by atoms with Crippen LogP contribution in [0.15, 0.2) is 41.8 Å². The Morgan fingerprint density at radius 2 is 2.05 bits per heavy atom. The largest absolute Gasteiger partial charge is 0.484 e. The number of hydrogen-bond donors (Lipinski definition) is 1. The van der Waals surface area contributed by atoms with Crippen molar-refractivity contribution in [1.29, 1.82) is 0 Å². The molecule has 7 heteroatoms. The summed E-state index contributed by atoms with van der Waals surface area (Å²) in [5.74, 6) is 0.207. The number of amides is 1. The molecule has 0 saturated carbocycles. The summed E-state index contributed by atoms with van der Waals surface area (Å²) >= 11 is 1.65. The van der Waals surface area contributed by atoms with Gasteiger partial charge in [-0.05, 0) is 30.0 Å². The lowest BCUT2D eigenvalue weighted by Gasteiger charge is -2.06. The maximum Gasteiger partial charge on any atom is 0.269 e. The third-order valence-corrected chi connectivity index (χ3v) is 3.63. The summed E-state index contributed by atoms with van der Waals surface area (Å²) in [4.78, 5) is 22.8. The average Bonchev–Trinajstić information content (AvgIpc) is 2.99. The molecule has 21 heavy (non-hydrogen) atoms. The highest BCUT2D eigenvalue weighted by Gasteiger charge is 2.06. The molecule has 1 amide bonds. The predicted octanol–water partition coefficient (Wildman–Crippen LogP) is 2.39. The van der Waals surface area contributed by atoms with Gasteiger partial charge in [-0.1, -0.05) is 6.07 Å². The number of benzene rings is 1. The SMILES string of the molecule is O=C(COc1ccc([N+](=O)[O-])cc1)NCCc1cccs1. The quantitative estimate of drug-likeness (QED) is 0.629. The van der Waals surface area contributed by atoms with Crippen molar-refractivity contribution < 1.29 is 14.5 Å². The fourth-order valence-corrected chi connectivity index (χ4v) is 2.35. The van der Waals surface area contributed by atoms with Crippen LogP contribution < -0.4 is 10.1 Å². The Bertz CT molecular complexity index is 596. The van der Waals surface area contributed by atoms with Gasteiger partial charge in [0.2, 0.25) is 0 Å². The van der Waals surface area contributed by atoms with E-state index in [0.717, 1.165) is 6.42 Å². The van der Waals surface area contributed by atoms with Gasteiger partial charge in [0.05, 0.1) is 4.92 Å². The van der Waals surface area contributed by atoms with Gasteiger partial charge in [-0.15, -0.1) is 11.3 Å². The number of nitro groups is 1. The third kappa shape index (κ3) is 4.88. The maximum absolute atomic E-state index is 11.6. The molecular formula is C14H14N2O4S. The first-order valence-corrected chi connectivity index (χ1v) is 7.19. The van der Waals surface area contributed by atoms with Crippen molar-refractivity contribution in [3.05, 3.63) is 56.8 Å². The minimum Gasteiger partial charge on any atom is -0.484 e. The molecule has 0 fully saturated rings. The third-order valence-electron chi connectivity index (χ3n) is 2.69. The molecule has 0 radical (unpaired) electrons. The number of nitrogens with one attached hydrogen (secondary N) is 1. The lowest BCUT2D eigenvalue weighted by molar-refractivity contribution is -0.384. The van der Waals surface area contributed by atoms with Gasteiger partial charge in [0, 0.05) is 23.6 Å². The summed E-state index contributed by atoms with van der Waals surface area (Å²) in [6.45, 7) is 0.450. The van der Waals surface area contributed by atoms with Gasteiger partial charge in [0.1, 0.15) is 5.75 Å². The van der Waals surface area contributed by atoms with Crippen LogP contribution >= 0.6 is 11.3 Å². The van der Waals surface area contributed by atoms with Crippen LogP contribution in [0.2, 0.25) is 0 Å². The minimum absolute atomic E-state index is 0.0113. The number of nitrogens with zero attached hydrogens (tertiary/aromatic N) is 1. The molecule has 0 atom stereocenters. The molecule has 0 aliphatic rings. The van der Waals surface area contributed by atoms with Gasteiger partial charge in [0.15, 0.2) is 6.61 Å². The van der Waals surface area contributed by atoms with Crippen LogP contribution in [-0.4, -0.2) is 24.0 Å². The summed E-state index contributed by atoms with van der Waals surface area (Å²) < 4.78 is 5.26. The van der Waals surface area contributed by atoms with E-state index in [4.69, 9.17) is 4.74 Å². The van der Waals surface area contributed by atoms with E-state index in [2.05, 4.69) is 5.32 Å². The van der Waals surface area contributed by atoms with Gasteiger partial charge in [0.25, 0.3) is 11.6 Å². The molecule has 1 N–H and O–H groups in total. The van der Waals surface area contributed by atoms with Gasteiger partial charge in [-0.2, -0.15) is 0 Å². The van der Waals surface area contributed by atoms with Crippen LogP contribution in [0.5, 0.6) is 5.75 Å². The maximum atomic E-state index is 11.6. The van der Waals surface area contributed by atoms with Crippen LogP contribution in [0, 0.1) is 10.1 Å². The van der Waals surface area contributed by atoms with E-state index in [-0.39, 0.29) is 18.2 Å². The highest BCUT2D eigenvalue weighted by molar-refractivity contribution is 7.09. The first-order chi connectivity index (χ1) is 10.1. The Hall–Kier alpha value is -2.41. The van der Waals surface area contributed by atoms with Crippen LogP contribution in [0.1, 0.15) is 4.88 Å². The first-order valence-electron chi connectivity index (χ1n) is 6.31. The van der Waals surface area contributed by atoms with E-state index in [1.807, 2.05) is 17.5 Å². The van der Waals surface area contributed by atoms with Crippen molar-refractivity contribution in [2.75, 3.05) is 13.2 Å². The standard InChI is InChI=1S/C14H14N2O4S/c17-14(15-8-7-13-2-1-9-21-13)10-20-12-5-3-11(4-6-12)16(18)19/h1-6,9H,7-8,10H2,(H,15,17). The molecule has 6 nitrogen and oxygen atoms in total. The fraction of sp³-hybridized carbons (Fsp3) is 0.214. The summed E-state index contributed by atoms with van der Waals surface area (Å²) in [6.07, 6.45) is 0.793. The molecule has 1 aromatic carbocycles. The van der Waals surface area contributed by atoms with E-state index in [1.54, 1.807) is 11.3 Å². The number of rotatable bonds is 7. The Kier molecular flexibility index (Phi) is 5.28. The van der Waals surface area contributed by atoms with E-state index < -0.39 is 4.92 Å². The zero-order chi connectivity index (χ0) is 15.1. The number of hydrogen-bond acceptors (Lipinski definition) is 5. The van der Waals surface area contributed by atoms with Crippen LogP contribution in [0.3, 0.4) is 0 Å². The number of nitro benzene ring substituents is 1. The molecular weight excluding hydrogens is 292 g/mol. The number of carbonyl (C=O) groups excluding carboxylic acids is 1. The molecule has 0 aliphatic heterocycles. The van der Waals surface area contributed by atoms with E-state index in [9.17, 15) is 14.9 Å². The van der Waals surface area contributed by atoms with E-state index >= 15 is 0 Å². The van der Waals surface area contributed by atoms with Crippen LogP contribution in [-0.2, 0) is 11.2 Å². The summed E-state index contributed by atoms with van der Waals surface area (Å²) in [5, 5.41) is 15.2. The fourth-order valence-electron chi connectivity index (χ4n) is 1.64. The molecule has 2 rings (SSSR count). The number of non-ortho nitro benzene ring substituents is 1. The zero-order valence-electron chi connectivity index (χ0n) is 11.2. The molecule has 0 saturated heterocycles. The van der Waals surface area contributed by atoms with Crippen LogP contribution in [0.4, 0.5) is 5.69 Å². The highest BCUT2D eigenvalue weighted by Crippen LogP contribution is 2.17. The zero-order valence-corrected chi connectivity index (χ0v) is 12.0. The van der Waals surface area contributed by atoms with Crippen molar-refractivity contribution in [3.8, 4) is 5.75 Å². The topological polar surface area (TPSA) is 81.5 Å². The smallest absolute Gasteiger partial charge is 0.269 e. The van der Waals surface area contributed by atoms with Gasteiger partial charge in [-0.3, -0.25) is 14.9 Å². The van der Waals surface area contributed by atoms with E-state index in [0.29, 0.717) is 12.3 Å². The first kappa shape index (κ1) is 15.0. The minimum atomic E-state index is -0.485. The number of carbonyl (C=O) groups is 1. The Morgan fingerprint density at radius 1 is 1.29 bits per heavy atom. The van der Waals surface area contributed by atoms with Gasteiger partial charge in [-0.25, -0.2) is 0 Å². The molecule has 0 aliphatic carbocycles. The van der Waals surface area contributed by atoms with Crippen molar-refractivity contribution >= 4 is 22.9 Å². The number of thiophene rings is 1. The summed E-state index contributed by atoms with van der Waals surface area (Å²) in [7, 11) is 0.